The van der Waals surface area contributed by atoms with Crippen LogP contribution in [0.3, 0.4) is 0 Å². The average molecular weight is 222 g/mol. The van der Waals surface area contributed by atoms with Crippen molar-refractivity contribution in [1.82, 2.24) is 4.98 Å². The lowest BCUT2D eigenvalue weighted by atomic mass is 10.1. The maximum atomic E-state index is 11.0. The van der Waals surface area contributed by atoms with Gasteiger partial charge in [-0.2, -0.15) is 0 Å². The molecule has 0 aromatic carbocycles. The van der Waals surface area contributed by atoms with Crippen LogP contribution in [-0.4, -0.2) is 22.1 Å². The van der Waals surface area contributed by atoms with Gasteiger partial charge >= 0.3 is 5.97 Å². The molecule has 4 heteroatoms. The lowest BCUT2D eigenvalue weighted by Crippen LogP contribution is -2.29. The van der Waals surface area contributed by atoms with E-state index in [-0.39, 0.29) is 0 Å². The van der Waals surface area contributed by atoms with E-state index in [4.69, 9.17) is 5.11 Å². The lowest BCUT2D eigenvalue weighted by Gasteiger charge is -2.15. The van der Waals surface area contributed by atoms with Crippen molar-refractivity contribution in [2.75, 3.05) is 5.32 Å². The largest absolute Gasteiger partial charge is 0.480 e. The number of carboxylic acid groups (broad SMARTS) is 1. The first kappa shape index (κ1) is 12.5. The third-order valence-corrected chi connectivity index (χ3v) is 2.38. The number of hydrogen-bond donors (Lipinski definition) is 2. The molecular weight excluding hydrogens is 204 g/mol. The molecule has 0 saturated carbocycles. The number of nitrogens with zero attached hydrogens (tertiary/aromatic N) is 1. The van der Waals surface area contributed by atoms with E-state index in [2.05, 4.69) is 17.2 Å². The number of aromatic nitrogens is 1. The van der Waals surface area contributed by atoms with Gasteiger partial charge in [-0.1, -0.05) is 19.8 Å². The van der Waals surface area contributed by atoms with Gasteiger partial charge in [0.15, 0.2) is 0 Å². The number of anilines is 1. The van der Waals surface area contributed by atoms with E-state index >= 15 is 0 Å². The number of aliphatic carboxylic acids is 1. The van der Waals surface area contributed by atoms with Crippen LogP contribution in [0, 0.1) is 6.92 Å². The number of carbonyl (C=O) groups is 1. The molecule has 0 fully saturated rings. The maximum absolute atomic E-state index is 11.0. The molecule has 0 bridgehead atoms. The van der Waals surface area contributed by atoms with Crippen molar-refractivity contribution < 1.29 is 9.90 Å². The molecule has 0 aliphatic heterocycles. The Morgan fingerprint density at radius 2 is 2.38 bits per heavy atom. The fraction of sp³-hybridized carbons (Fsp3) is 0.500. The molecule has 1 rings (SSSR count). The van der Waals surface area contributed by atoms with E-state index in [0.29, 0.717) is 6.42 Å². The van der Waals surface area contributed by atoms with Gasteiger partial charge in [0.2, 0.25) is 0 Å². The van der Waals surface area contributed by atoms with Crippen molar-refractivity contribution in [3.05, 3.63) is 24.0 Å². The molecule has 1 aromatic heterocycles. The van der Waals surface area contributed by atoms with Crippen LogP contribution in [-0.2, 0) is 4.79 Å². The van der Waals surface area contributed by atoms with Crippen LogP contribution in [0.2, 0.25) is 0 Å². The van der Waals surface area contributed by atoms with Crippen molar-refractivity contribution >= 4 is 11.7 Å². The monoisotopic (exact) mass is 222 g/mol. The Bertz CT molecular complexity index is 353. The van der Waals surface area contributed by atoms with Gasteiger partial charge in [-0.3, -0.25) is 4.98 Å². The second-order valence-corrected chi connectivity index (χ2v) is 3.86. The van der Waals surface area contributed by atoms with Crippen LogP contribution < -0.4 is 5.32 Å². The molecule has 0 radical (unpaired) electrons. The number of rotatable bonds is 6. The van der Waals surface area contributed by atoms with E-state index in [1.165, 1.54) is 0 Å². The topological polar surface area (TPSA) is 62.2 Å². The van der Waals surface area contributed by atoms with Gasteiger partial charge in [-0.15, -0.1) is 0 Å². The number of nitrogens with one attached hydrogen (secondary N) is 1. The first-order valence-corrected chi connectivity index (χ1v) is 5.55. The third kappa shape index (κ3) is 3.88. The van der Waals surface area contributed by atoms with Gasteiger partial charge in [0.1, 0.15) is 6.04 Å². The Balaban J connectivity index is 2.64. The normalized spacial score (nSPS) is 12.1. The molecular formula is C12H18N2O2. The fourth-order valence-electron chi connectivity index (χ4n) is 1.50. The Morgan fingerprint density at radius 1 is 1.62 bits per heavy atom. The standard InChI is InChI=1S/C12H18N2O2/c1-3-4-5-11(12(15)16)14-10-6-7-13-9(2)8-10/h6-8,11H,3-5H2,1-2H3,(H,13,14)(H,15,16). The predicted molar refractivity (Wildman–Crippen MR) is 63.5 cm³/mol. The van der Waals surface area contributed by atoms with Crippen LogP contribution >= 0.6 is 0 Å². The highest BCUT2D eigenvalue weighted by Crippen LogP contribution is 2.12. The van der Waals surface area contributed by atoms with E-state index in [0.717, 1.165) is 24.2 Å². The minimum atomic E-state index is -0.803. The van der Waals surface area contributed by atoms with Crippen LogP contribution in [0.25, 0.3) is 0 Å². The highest BCUT2D eigenvalue weighted by molar-refractivity contribution is 5.77. The second kappa shape index (κ2) is 6.10. The molecule has 88 valence electrons. The second-order valence-electron chi connectivity index (χ2n) is 3.86. The molecule has 0 spiro atoms. The highest BCUT2D eigenvalue weighted by Gasteiger charge is 2.16. The van der Waals surface area contributed by atoms with Crippen molar-refractivity contribution in [3.63, 3.8) is 0 Å². The number of hydrogen-bond acceptors (Lipinski definition) is 3. The van der Waals surface area contributed by atoms with Crippen molar-refractivity contribution in [1.29, 1.82) is 0 Å². The van der Waals surface area contributed by atoms with Gasteiger partial charge in [-0.25, -0.2) is 4.79 Å². The summed E-state index contributed by atoms with van der Waals surface area (Å²) in [5.41, 5.74) is 1.70. The van der Waals surface area contributed by atoms with E-state index in [9.17, 15) is 4.79 Å². The summed E-state index contributed by atoms with van der Waals surface area (Å²) in [5.74, 6) is -0.803. The number of aryl methyl sites for hydroxylation is 1. The zero-order valence-electron chi connectivity index (χ0n) is 9.73. The van der Waals surface area contributed by atoms with Crippen LogP contribution in [0.15, 0.2) is 18.3 Å². The highest BCUT2D eigenvalue weighted by atomic mass is 16.4. The first-order chi connectivity index (χ1) is 7.63. The van der Waals surface area contributed by atoms with Gasteiger partial charge < -0.3 is 10.4 Å². The Kier molecular flexibility index (Phi) is 4.76. The molecule has 0 aliphatic carbocycles. The molecule has 2 N–H and O–H groups in total. The smallest absolute Gasteiger partial charge is 0.326 e. The van der Waals surface area contributed by atoms with Crippen LogP contribution in [0.1, 0.15) is 31.9 Å². The third-order valence-electron chi connectivity index (χ3n) is 2.38. The zero-order valence-corrected chi connectivity index (χ0v) is 9.73. The van der Waals surface area contributed by atoms with Crippen molar-refractivity contribution in [3.8, 4) is 0 Å². The summed E-state index contributed by atoms with van der Waals surface area (Å²) in [7, 11) is 0. The molecule has 1 aromatic rings. The molecule has 0 saturated heterocycles. The first-order valence-electron chi connectivity index (χ1n) is 5.55. The SMILES string of the molecule is CCCCC(Nc1ccnc(C)c1)C(=O)O. The lowest BCUT2D eigenvalue weighted by molar-refractivity contribution is -0.138. The summed E-state index contributed by atoms with van der Waals surface area (Å²) in [4.78, 5) is 15.1. The summed E-state index contributed by atoms with van der Waals surface area (Å²) in [6.07, 6.45) is 4.23. The fourth-order valence-corrected chi connectivity index (χ4v) is 1.50. The van der Waals surface area contributed by atoms with Crippen molar-refractivity contribution in [2.45, 2.75) is 39.2 Å². The molecule has 1 atom stereocenters. The summed E-state index contributed by atoms with van der Waals surface area (Å²) in [5, 5.41) is 12.1. The van der Waals surface area contributed by atoms with Gasteiger partial charge in [0.05, 0.1) is 0 Å². The molecule has 4 nitrogen and oxygen atoms in total. The predicted octanol–water partition coefficient (Wildman–Crippen LogP) is 2.45. The van der Waals surface area contributed by atoms with Crippen molar-refractivity contribution in [2.24, 2.45) is 0 Å². The van der Waals surface area contributed by atoms with E-state index in [1.807, 2.05) is 13.0 Å². The Morgan fingerprint density at radius 3 is 2.94 bits per heavy atom. The van der Waals surface area contributed by atoms with Crippen LogP contribution in [0.5, 0.6) is 0 Å². The van der Waals surface area contributed by atoms with E-state index in [1.54, 1.807) is 12.3 Å². The number of unbranched alkanes of at least 4 members (excludes halogenated alkanes) is 1. The molecule has 16 heavy (non-hydrogen) atoms. The van der Waals surface area contributed by atoms with Gasteiger partial charge in [-0.05, 0) is 25.5 Å². The number of pyridine rings is 1. The summed E-state index contributed by atoms with van der Waals surface area (Å²) in [6, 6.07) is 3.12. The Hall–Kier alpha value is -1.58. The zero-order chi connectivity index (χ0) is 12.0. The molecule has 1 unspecified atom stereocenters. The van der Waals surface area contributed by atoms with Gasteiger partial charge in [0, 0.05) is 17.6 Å². The Labute approximate surface area is 95.7 Å². The summed E-state index contributed by atoms with van der Waals surface area (Å²) in [6.45, 7) is 3.93. The van der Waals surface area contributed by atoms with Gasteiger partial charge in [0.25, 0.3) is 0 Å². The average Bonchev–Trinajstić information content (AvgIpc) is 2.24. The molecule has 0 amide bonds. The van der Waals surface area contributed by atoms with E-state index < -0.39 is 12.0 Å². The quantitative estimate of drug-likeness (QED) is 0.776. The molecule has 0 aliphatic rings. The minimum Gasteiger partial charge on any atom is -0.480 e. The summed E-state index contributed by atoms with van der Waals surface area (Å²) >= 11 is 0. The number of carboxylic acids is 1. The van der Waals surface area contributed by atoms with Crippen LogP contribution in [0.4, 0.5) is 5.69 Å². The molecule has 1 heterocycles. The summed E-state index contributed by atoms with van der Waals surface area (Å²) < 4.78 is 0. The maximum Gasteiger partial charge on any atom is 0.326 e. The minimum absolute atomic E-state index is 0.512.